The Morgan fingerprint density at radius 3 is 2.29 bits per heavy atom. The Labute approximate surface area is 127 Å². The third-order valence-electron chi connectivity index (χ3n) is 1.50. The molecule has 7 heteroatoms. The van der Waals surface area contributed by atoms with E-state index in [1.807, 2.05) is 0 Å². The summed E-state index contributed by atoms with van der Waals surface area (Å²) in [7, 11) is 0. The third kappa shape index (κ3) is 3.26. The van der Waals surface area contributed by atoms with Gasteiger partial charge in [-0.1, -0.05) is 29.2 Å². The number of halogens is 4. The van der Waals surface area contributed by atoms with Gasteiger partial charge in [-0.15, -0.1) is 0 Å². The molecular formula is C7H3BClF3KN. The van der Waals surface area contributed by atoms with Crippen LogP contribution >= 0.6 is 11.6 Å². The summed E-state index contributed by atoms with van der Waals surface area (Å²) in [6.07, 6.45) is 0. The van der Waals surface area contributed by atoms with Crippen LogP contribution in [0.1, 0.15) is 5.56 Å². The molecule has 0 radical (unpaired) electrons. The molecular weight excluding hydrogens is 240 g/mol. The monoisotopic (exact) mass is 243 g/mol. The predicted octanol–water partition coefficient (Wildman–Crippen LogP) is -0.730. The van der Waals surface area contributed by atoms with E-state index < -0.39 is 17.5 Å². The molecule has 1 aromatic carbocycles. The van der Waals surface area contributed by atoms with E-state index in [0.717, 1.165) is 12.1 Å². The first-order valence-electron chi connectivity index (χ1n) is 3.35. The van der Waals surface area contributed by atoms with Crippen LogP contribution in [0.2, 0.25) is 5.02 Å². The van der Waals surface area contributed by atoms with E-state index in [-0.39, 0.29) is 56.9 Å². The van der Waals surface area contributed by atoms with E-state index in [2.05, 4.69) is 0 Å². The van der Waals surface area contributed by atoms with E-state index >= 15 is 0 Å². The van der Waals surface area contributed by atoms with Gasteiger partial charge in [-0.2, -0.15) is 5.26 Å². The standard InChI is InChI=1S/C7H3BClF3N.K/c9-7-5(4-13)2-1-3-6(7)8(10,11)12;/h1-3H;/q-1;+1. The molecule has 0 saturated carbocycles. The van der Waals surface area contributed by atoms with Crippen molar-refractivity contribution in [2.24, 2.45) is 0 Å². The van der Waals surface area contributed by atoms with Crippen molar-refractivity contribution in [3.05, 3.63) is 28.8 Å². The Bertz CT molecular complexity index is 374. The van der Waals surface area contributed by atoms with Crippen LogP contribution in [0.25, 0.3) is 0 Å². The summed E-state index contributed by atoms with van der Waals surface area (Å²) in [6.45, 7) is -5.14. The number of benzene rings is 1. The molecule has 1 aromatic rings. The second-order valence-corrected chi connectivity index (χ2v) is 2.77. The fourth-order valence-electron chi connectivity index (χ4n) is 0.889. The fraction of sp³-hybridized carbons (Fsp3) is 0. The van der Waals surface area contributed by atoms with Crippen LogP contribution < -0.4 is 56.8 Å². The van der Waals surface area contributed by atoms with Gasteiger partial charge in [-0.25, -0.2) is 0 Å². The van der Waals surface area contributed by atoms with Crippen molar-refractivity contribution in [3.63, 3.8) is 0 Å². The number of rotatable bonds is 1. The minimum absolute atomic E-state index is 0. The summed E-state index contributed by atoms with van der Waals surface area (Å²) >= 11 is 5.37. The topological polar surface area (TPSA) is 23.8 Å². The van der Waals surface area contributed by atoms with Gasteiger partial charge in [0.15, 0.2) is 0 Å². The summed E-state index contributed by atoms with van der Waals surface area (Å²) in [5.74, 6) is 0. The van der Waals surface area contributed by atoms with E-state index in [1.54, 1.807) is 6.07 Å². The Morgan fingerprint density at radius 2 is 1.86 bits per heavy atom. The minimum Gasteiger partial charge on any atom is -0.445 e. The molecule has 0 aliphatic carbocycles. The summed E-state index contributed by atoms with van der Waals surface area (Å²) in [5.41, 5.74) is -1.07. The average molecular weight is 243 g/mol. The van der Waals surface area contributed by atoms with E-state index in [0.29, 0.717) is 0 Å². The molecule has 0 fully saturated rings. The second-order valence-electron chi connectivity index (χ2n) is 2.40. The quantitative estimate of drug-likeness (QED) is 0.597. The molecule has 0 spiro atoms. The molecule has 0 heterocycles. The number of hydrogen-bond donors (Lipinski definition) is 0. The zero-order valence-electron chi connectivity index (χ0n) is 7.27. The number of nitriles is 1. The van der Waals surface area contributed by atoms with Crippen molar-refractivity contribution in [2.75, 3.05) is 0 Å². The van der Waals surface area contributed by atoms with Crippen LogP contribution in [0.3, 0.4) is 0 Å². The third-order valence-corrected chi connectivity index (χ3v) is 1.92. The molecule has 0 unspecified atom stereocenters. The van der Waals surface area contributed by atoms with Crippen molar-refractivity contribution >= 4 is 24.0 Å². The molecule has 14 heavy (non-hydrogen) atoms. The van der Waals surface area contributed by atoms with Gasteiger partial charge < -0.3 is 12.9 Å². The van der Waals surface area contributed by atoms with Gasteiger partial charge in [-0.05, 0) is 6.07 Å². The van der Waals surface area contributed by atoms with E-state index in [9.17, 15) is 12.9 Å². The maximum absolute atomic E-state index is 12.2. The fourth-order valence-corrected chi connectivity index (χ4v) is 1.18. The van der Waals surface area contributed by atoms with Crippen LogP contribution in [0.15, 0.2) is 18.2 Å². The summed E-state index contributed by atoms with van der Waals surface area (Å²) in [6, 6.07) is 4.86. The Hall–Kier alpha value is 0.491. The molecule has 0 aliphatic heterocycles. The molecule has 0 saturated heterocycles. The molecule has 1 rings (SSSR count). The molecule has 0 aliphatic rings. The molecule has 0 atom stereocenters. The van der Waals surface area contributed by atoms with Gasteiger partial charge in [0.1, 0.15) is 6.07 Å². The molecule has 68 valence electrons. The number of nitrogens with zero attached hydrogens (tertiary/aromatic N) is 1. The van der Waals surface area contributed by atoms with Crippen LogP contribution in [0.5, 0.6) is 0 Å². The summed E-state index contributed by atoms with van der Waals surface area (Å²) in [5, 5.41) is 7.90. The van der Waals surface area contributed by atoms with Crippen molar-refractivity contribution in [1.82, 2.24) is 0 Å². The van der Waals surface area contributed by atoms with Crippen molar-refractivity contribution in [1.29, 1.82) is 5.26 Å². The number of hydrogen-bond acceptors (Lipinski definition) is 1. The molecule has 0 bridgehead atoms. The van der Waals surface area contributed by atoms with Gasteiger partial charge in [0.05, 0.1) is 5.56 Å². The van der Waals surface area contributed by atoms with Gasteiger partial charge in [0.2, 0.25) is 0 Å². The molecule has 0 aromatic heterocycles. The minimum atomic E-state index is -5.14. The normalized spacial score (nSPS) is 10.2. The first kappa shape index (κ1) is 14.5. The average Bonchev–Trinajstić information content (AvgIpc) is 2.02. The Morgan fingerprint density at radius 1 is 1.29 bits per heavy atom. The van der Waals surface area contributed by atoms with Gasteiger partial charge in [0, 0.05) is 5.02 Å². The van der Waals surface area contributed by atoms with Gasteiger partial charge >= 0.3 is 58.4 Å². The van der Waals surface area contributed by atoms with Crippen LogP contribution in [0.4, 0.5) is 12.9 Å². The largest absolute Gasteiger partial charge is 1.00 e. The van der Waals surface area contributed by atoms with Crippen molar-refractivity contribution in [2.45, 2.75) is 0 Å². The van der Waals surface area contributed by atoms with Crippen LogP contribution in [-0.4, -0.2) is 6.98 Å². The van der Waals surface area contributed by atoms with Crippen molar-refractivity contribution in [3.8, 4) is 6.07 Å². The van der Waals surface area contributed by atoms with Crippen LogP contribution in [-0.2, 0) is 0 Å². The predicted molar refractivity (Wildman–Crippen MR) is 44.9 cm³/mol. The maximum atomic E-state index is 12.2. The zero-order valence-corrected chi connectivity index (χ0v) is 11.1. The van der Waals surface area contributed by atoms with Gasteiger partial charge in [0.25, 0.3) is 0 Å². The SMILES string of the molecule is N#Cc1cccc([B-](F)(F)F)c1Cl.[K+]. The molecule has 1 nitrogen and oxygen atoms in total. The van der Waals surface area contributed by atoms with Crippen molar-refractivity contribution < 1.29 is 64.3 Å². The van der Waals surface area contributed by atoms with Gasteiger partial charge in [-0.3, -0.25) is 0 Å². The summed E-state index contributed by atoms with van der Waals surface area (Å²) in [4.78, 5) is 0. The summed E-state index contributed by atoms with van der Waals surface area (Å²) < 4.78 is 36.7. The van der Waals surface area contributed by atoms with E-state index in [4.69, 9.17) is 16.9 Å². The second kappa shape index (κ2) is 5.54. The first-order chi connectivity index (χ1) is 5.96. The molecule has 0 amide bonds. The van der Waals surface area contributed by atoms with E-state index in [1.165, 1.54) is 6.07 Å². The zero-order chi connectivity index (χ0) is 10.1. The first-order valence-corrected chi connectivity index (χ1v) is 3.73. The smallest absolute Gasteiger partial charge is 0.445 e. The Balaban J connectivity index is 0.00000169. The Kier molecular flexibility index (Phi) is 5.74. The molecule has 0 N–H and O–H groups in total. The maximum Gasteiger partial charge on any atom is 1.00 e. The van der Waals surface area contributed by atoms with Crippen LogP contribution in [0, 0.1) is 11.3 Å².